The predicted molar refractivity (Wildman–Crippen MR) is 62.4 cm³/mol. The monoisotopic (exact) mass is 299 g/mol. The molecule has 0 amide bonds. The van der Waals surface area contributed by atoms with Gasteiger partial charge in [-0.3, -0.25) is 0 Å². The molecular formula is C11H13F4NO2S. The van der Waals surface area contributed by atoms with Crippen molar-refractivity contribution in [1.82, 2.24) is 4.31 Å². The van der Waals surface area contributed by atoms with E-state index in [9.17, 15) is 26.0 Å². The first-order valence-corrected chi connectivity index (χ1v) is 7.21. The summed E-state index contributed by atoms with van der Waals surface area (Å²) in [7, 11) is -4.04. The van der Waals surface area contributed by atoms with Crippen molar-refractivity contribution in [3.05, 3.63) is 35.6 Å². The van der Waals surface area contributed by atoms with Gasteiger partial charge in [-0.15, -0.1) is 0 Å². The van der Waals surface area contributed by atoms with Gasteiger partial charge in [-0.2, -0.15) is 17.5 Å². The Hall–Kier alpha value is -1.15. The summed E-state index contributed by atoms with van der Waals surface area (Å²) in [5.41, 5.74) is -0.318. The van der Waals surface area contributed by atoms with E-state index in [0.29, 0.717) is 10.6 Å². The summed E-state index contributed by atoms with van der Waals surface area (Å²) in [5, 5.41) is 0. The third kappa shape index (κ3) is 3.90. The molecule has 0 N–H and O–H groups in total. The maximum absolute atomic E-state index is 13.1. The number of hydrogen-bond donors (Lipinski definition) is 0. The highest BCUT2D eigenvalue weighted by molar-refractivity contribution is 7.88. The van der Waals surface area contributed by atoms with Gasteiger partial charge in [0.05, 0.1) is 6.26 Å². The molecule has 1 aromatic carbocycles. The Labute approximate surface area is 108 Å². The molecular weight excluding hydrogens is 286 g/mol. The molecule has 1 aromatic rings. The van der Waals surface area contributed by atoms with Crippen molar-refractivity contribution in [2.24, 2.45) is 0 Å². The lowest BCUT2D eigenvalue weighted by atomic mass is 10.1. The molecule has 1 unspecified atom stereocenters. The van der Waals surface area contributed by atoms with Gasteiger partial charge in [-0.1, -0.05) is 19.1 Å². The Morgan fingerprint density at radius 1 is 1.21 bits per heavy atom. The largest absolute Gasteiger partial charge is 0.409 e. The third-order valence-corrected chi connectivity index (χ3v) is 3.84. The predicted octanol–water partition coefficient (Wildman–Crippen LogP) is 2.71. The van der Waals surface area contributed by atoms with E-state index < -0.39 is 28.1 Å². The maximum Gasteiger partial charge on any atom is 0.409 e. The van der Waals surface area contributed by atoms with Crippen LogP contribution in [0.2, 0.25) is 0 Å². The van der Waals surface area contributed by atoms with E-state index in [1.807, 2.05) is 0 Å². The third-order valence-electron chi connectivity index (χ3n) is 2.52. The van der Waals surface area contributed by atoms with Crippen LogP contribution in [0.15, 0.2) is 24.3 Å². The lowest BCUT2D eigenvalue weighted by Gasteiger charge is -2.30. The van der Waals surface area contributed by atoms with Gasteiger partial charge in [0.1, 0.15) is 11.9 Å². The summed E-state index contributed by atoms with van der Waals surface area (Å²) in [5.74, 6) is -0.688. The van der Waals surface area contributed by atoms with E-state index in [-0.39, 0.29) is 12.1 Å². The zero-order chi connectivity index (χ0) is 14.8. The zero-order valence-electron chi connectivity index (χ0n) is 10.3. The molecule has 0 bridgehead atoms. The Balaban J connectivity index is 3.34. The van der Waals surface area contributed by atoms with Crippen LogP contribution >= 0.6 is 0 Å². The summed E-state index contributed by atoms with van der Waals surface area (Å²) in [4.78, 5) is 0. The molecule has 0 aliphatic heterocycles. The number of sulfonamides is 1. The smallest absolute Gasteiger partial charge is 0.212 e. The fraction of sp³-hybridized carbons (Fsp3) is 0.455. The van der Waals surface area contributed by atoms with Crippen LogP contribution < -0.4 is 0 Å². The summed E-state index contributed by atoms with van der Waals surface area (Å²) < 4.78 is 75.2. The topological polar surface area (TPSA) is 37.4 Å². The molecule has 0 saturated carbocycles. The molecule has 19 heavy (non-hydrogen) atoms. The minimum Gasteiger partial charge on any atom is -0.212 e. The standard InChI is InChI=1S/C11H13F4NO2S/c1-3-16(19(2,17)18)10(11(13,14)15)8-4-6-9(12)7-5-8/h4-7,10H,3H2,1-2H3. The highest BCUT2D eigenvalue weighted by Gasteiger charge is 2.47. The van der Waals surface area contributed by atoms with Gasteiger partial charge in [-0.05, 0) is 17.7 Å². The molecule has 0 heterocycles. The molecule has 0 aliphatic carbocycles. The average molecular weight is 299 g/mol. The van der Waals surface area contributed by atoms with Crippen molar-refractivity contribution in [2.45, 2.75) is 19.1 Å². The number of benzene rings is 1. The SMILES string of the molecule is CCN(C(c1ccc(F)cc1)C(F)(F)F)S(C)(=O)=O. The fourth-order valence-electron chi connectivity index (χ4n) is 1.77. The molecule has 0 spiro atoms. The van der Waals surface area contributed by atoms with Crippen molar-refractivity contribution >= 4 is 10.0 Å². The van der Waals surface area contributed by atoms with Gasteiger partial charge in [0, 0.05) is 6.54 Å². The summed E-state index contributed by atoms with van der Waals surface area (Å²) in [6.45, 7) is 0.976. The molecule has 1 rings (SSSR count). The van der Waals surface area contributed by atoms with Crippen molar-refractivity contribution in [1.29, 1.82) is 0 Å². The van der Waals surface area contributed by atoms with Crippen LogP contribution in [0.1, 0.15) is 18.5 Å². The molecule has 1 atom stereocenters. The van der Waals surface area contributed by atoms with E-state index in [1.165, 1.54) is 6.92 Å². The Bertz CT molecular complexity index is 525. The second kappa shape index (κ2) is 5.46. The molecule has 0 fully saturated rings. The van der Waals surface area contributed by atoms with Crippen LogP contribution in [0.3, 0.4) is 0 Å². The van der Waals surface area contributed by atoms with Crippen LogP contribution in [0, 0.1) is 5.82 Å². The number of halogens is 4. The lowest BCUT2D eigenvalue weighted by Crippen LogP contribution is -2.41. The second-order valence-electron chi connectivity index (χ2n) is 3.96. The highest BCUT2D eigenvalue weighted by Crippen LogP contribution is 2.38. The van der Waals surface area contributed by atoms with Crippen LogP contribution in [0.25, 0.3) is 0 Å². The van der Waals surface area contributed by atoms with E-state index >= 15 is 0 Å². The lowest BCUT2D eigenvalue weighted by molar-refractivity contribution is -0.173. The summed E-state index contributed by atoms with van der Waals surface area (Å²) >= 11 is 0. The van der Waals surface area contributed by atoms with Gasteiger partial charge in [0.15, 0.2) is 0 Å². The Kier molecular flexibility index (Phi) is 4.57. The van der Waals surface area contributed by atoms with E-state index in [0.717, 1.165) is 24.3 Å². The van der Waals surface area contributed by atoms with Gasteiger partial charge in [0.25, 0.3) is 0 Å². The molecule has 108 valence electrons. The number of nitrogens with zero attached hydrogens (tertiary/aromatic N) is 1. The first kappa shape index (κ1) is 15.9. The van der Waals surface area contributed by atoms with Gasteiger partial charge >= 0.3 is 6.18 Å². The van der Waals surface area contributed by atoms with E-state index in [1.54, 1.807) is 0 Å². The average Bonchev–Trinajstić information content (AvgIpc) is 2.24. The number of rotatable bonds is 4. The highest BCUT2D eigenvalue weighted by atomic mass is 32.2. The van der Waals surface area contributed by atoms with Gasteiger partial charge in [0.2, 0.25) is 10.0 Å². The number of hydrogen-bond acceptors (Lipinski definition) is 2. The minimum atomic E-state index is -4.78. The molecule has 0 aliphatic rings. The van der Waals surface area contributed by atoms with Crippen molar-refractivity contribution in [2.75, 3.05) is 12.8 Å². The first-order valence-electron chi connectivity index (χ1n) is 5.36. The van der Waals surface area contributed by atoms with Crippen LogP contribution in [0.5, 0.6) is 0 Å². The normalized spacial score (nSPS) is 14.7. The van der Waals surface area contributed by atoms with Crippen molar-refractivity contribution in [3.63, 3.8) is 0 Å². The number of alkyl halides is 3. The second-order valence-corrected chi connectivity index (χ2v) is 5.90. The van der Waals surface area contributed by atoms with Crippen LogP contribution in [-0.4, -0.2) is 31.7 Å². The molecule has 0 radical (unpaired) electrons. The summed E-state index contributed by atoms with van der Waals surface area (Å²) in [6.07, 6.45) is -4.07. The molecule has 3 nitrogen and oxygen atoms in total. The quantitative estimate of drug-likeness (QED) is 0.802. The fourth-order valence-corrected chi connectivity index (χ4v) is 2.87. The van der Waals surface area contributed by atoms with E-state index in [4.69, 9.17) is 0 Å². The molecule has 8 heteroatoms. The zero-order valence-corrected chi connectivity index (χ0v) is 11.1. The maximum atomic E-state index is 13.1. The van der Waals surface area contributed by atoms with Crippen LogP contribution in [0.4, 0.5) is 17.6 Å². The molecule has 0 aromatic heterocycles. The Morgan fingerprint density at radius 3 is 2.00 bits per heavy atom. The van der Waals surface area contributed by atoms with E-state index in [2.05, 4.69) is 0 Å². The van der Waals surface area contributed by atoms with Crippen molar-refractivity contribution < 1.29 is 26.0 Å². The first-order chi connectivity index (χ1) is 8.57. The summed E-state index contributed by atoms with van der Waals surface area (Å²) in [6, 6.07) is 1.28. The van der Waals surface area contributed by atoms with Gasteiger partial charge in [-0.25, -0.2) is 12.8 Å². The van der Waals surface area contributed by atoms with Crippen LogP contribution in [-0.2, 0) is 10.0 Å². The van der Waals surface area contributed by atoms with Gasteiger partial charge < -0.3 is 0 Å². The Morgan fingerprint density at radius 2 is 1.68 bits per heavy atom. The molecule has 0 saturated heterocycles. The minimum absolute atomic E-state index is 0.318. The van der Waals surface area contributed by atoms with Crippen molar-refractivity contribution in [3.8, 4) is 0 Å².